The third-order valence-electron chi connectivity index (χ3n) is 5.19. The number of hydrogen-bond donors (Lipinski definition) is 1. The number of carbonyl (C=O) groups is 1. The van der Waals surface area contributed by atoms with Crippen molar-refractivity contribution >= 4 is 17.2 Å². The predicted molar refractivity (Wildman–Crippen MR) is 90.9 cm³/mol. The molecule has 1 unspecified atom stereocenters. The molecule has 3 heterocycles. The number of piperidine rings is 1. The van der Waals surface area contributed by atoms with E-state index >= 15 is 0 Å². The largest absolute Gasteiger partial charge is 0.338 e. The Morgan fingerprint density at radius 2 is 2.27 bits per heavy atom. The quantitative estimate of drug-likeness (QED) is 0.927. The number of likely N-dealkylation sites (tertiary alicyclic amines) is 1. The molecule has 1 amide bonds. The first-order valence-corrected chi connectivity index (χ1v) is 9.14. The molecular weight excluding hydrogens is 294 g/mol. The zero-order chi connectivity index (χ0) is 15.7. The van der Waals surface area contributed by atoms with Gasteiger partial charge in [-0.2, -0.15) is 0 Å². The van der Waals surface area contributed by atoms with Crippen molar-refractivity contribution in [2.45, 2.75) is 45.7 Å². The van der Waals surface area contributed by atoms with Crippen LogP contribution in [0.4, 0.5) is 0 Å². The zero-order valence-electron chi connectivity index (χ0n) is 13.7. The van der Waals surface area contributed by atoms with Gasteiger partial charge in [0.1, 0.15) is 0 Å². The molecule has 1 aromatic rings. The van der Waals surface area contributed by atoms with E-state index in [0.717, 1.165) is 45.6 Å². The van der Waals surface area contributed by atoms with Gasteiger partial charge in [0.2, 0.25) is 5.91 Å². The third-order valence-corrected chi connectivity index (χ3v) is 6.22. The van der Waals surface area contributed by atoms with E-state index in [1.165, 1.54) is 10.4 Å². The van der Waals surface area contributed by atoms with E-state index in [1.807, 2.05) is 16.2 Å². The fourth-order valence-electron chi connectivity index (χ4n) is 3.55. The standard InChI is InChI=1S/C17H27N3OS/c1-17(2)12-19(7-4-15(17)18)8-5-16(21)20-9-3-14-13(11-20)6-10-22-14/h6,10,15H,3-5,7-9,11-12,18H2,1-2H3. The van der Waals surface area contributed by atoms with Crippen LogP contribution in [0.5, 0.6) is 0 Å². The average Bonchev–Trinajstić information content (AvgIpc) is 2.95. The molecule has 1 atom stereocenters. The Bertz CT molecular complexity index is 540. The summed E-state index contributed by atoms with van der Waals surface area (Å²) in [5, 5.41) is 2.14. The minimum atomic E-state index is 0.151. The molecule has 3 rings (SSSR count). The van der Waals surface area contributed by atoms with Crippen LogP contribution >= 0.6 is 11.3 Å². The van der Waals surface area contributed by atoms with E-state index < -0.39 is 0 Å². The number of nitrogens with two attached hydrogens (primary N) is 1. The Kier molecular flexibility index (Phi) is 4.57. The topological polar surface area (TPSA) is 49.6 Å². The van der Waals surface area contributed by atoms with Crippen molar-refractivity contribution in [1.82, 2.24) is 9.80 Å². The maximum Gasteiger partial charge on any atom is 0.224 e. The van der Waals surface area contributed by atoms with Crippen molar-refractivity contribution in [2.24, 2.45) is 11.1 Å². The van der Waals surface area contributed by atoms with Gasteiger partial charge in [0.05, 0.1) is 0 Å². The van der Waals surface area contributed by atoms with Crippen molar-refractivity contribution in [3.05, 3.63) is 21.9 Å². The second-order valence-corrected chi connectivity index (χ2v) is 8.34. The molecule has 1 fully saturated rings. The summed E-state index contributed by atoms with van der Waals surface area (Å²) < 4.78 is 0. The van der Waals surface area contributed by atoms with Crippen molar-refractivity contribution in [1.29, 1.82) is 0 Å². The number of amides is 1. The van der Waals surface area contributed by atoms with Crippen LogP contribution in [-0.4, -0.2) is 47.9 Å². The van der Waals surface area contributed by atoms with Gasteiger partial charge in [-0.15, -0.1) is 11.3 Å². The maximum atomic E-state index is 12.5. The number of nitrogens with zero attached hydrogens (tertiary/aromatic N) is 2. The van der Waals surface area contributed by atoms with E-state index in [9.17, 15) is 4.79 Å². The highest BCUT2D eigenvalue weighted by Gasteiger charge is 2.33. The van der Waals surface area contributed by atoms with Gasteiger partial charge >= 0.3 is 0 Å². The summed E-state index contributed by atoms with van der Waals surface area (Å²) in [5.74, 6) is 0.296. The number of fused-ring (bicyclic) bond motifs is 1. The first-order valence-electron chi connectivity index (χ1n) is 8.27. The molecule has 2 aliphatic heterocycles. The average molecular weight is 321 g/mol. The first kappa shape index (κ1) is 16.0. The lowest BCUT2D eigenvalue weighted by Gasteiger charge is -2.42. The molecule has 1 aromatic heterocycles. The van der Waals surface area contributed by atoms with Crippen molar-refractivity contribution in [3.8, 4) is 0 Å². The number of thiophene rings is 1. The fraction of sp³-hybridized carbons (Fsp3) is 0.706. The maximum absolute atomic E-state index is 12.5. The molecule has 22 heavy (non-hydrogen) atoms. The molecule has 0 aromatic carbocycles. The zero-order valence-corrected chi connectivity index (χ0v) is 14.5. The second-order valence-electron chi connectivity index (χ2n) is 7.34. The molecule has 0 bridgehead atoms. The highest BCUT2D eigenvalue weighted by atomic mass is 32.1. The molecule has 4 nitrogen and oxygen atoms in total. The number of hydrogen-bond acceptors (Lipinski definition) is 4. The fourth-order valence-corrected chi connectivity index (χ4v) is 4.44. The van der Waals surface area contributed by atoms with Crippen LogP contribution in [0, 0.1) is 5.41 Å². The number of carbonyl (C=O) groups excluding carboxylic acids is 1. The van der Waals surface area contributed by atoms with Crippen LogP contribution < -0.4 is 5.73 Å². The van der Waals surface area contributed by atoms with Gasteiger partial charge in [-0.05, 0) is 41.8 Å². The summed E-state index contributed by atoms with van der Waals surface area (Å²) >= 11 is 1.82. The van der Waals surface area contributed by atoms with Crippen LogP contribution in [0.2, 0.25) is 0 Å². The first-order chi connectivity index (χ1) is 10.5. The SMILES string of the molecule is CC1(C)CN(CCC(=O)N2CCc3sccc3C2)CCC1N. The van der Waals surface area contributed by atoms with Crippen LogP contribution in [0.1, 0.15) is 37.1 Å². The van der Waals surface area contributed by atoms with Gasteiger partial charge in [0.15, 0.2) is 0 Å². The Morgan fingerprint density at radius 1 is 1.45 bits per heavy atom. The van der Waals surface area contributed by atoms with Crippen LogP contribution in [0.25, 0.3) is 0 Å². The Balaban J connectivity index is 1.49. The van der Waals surface area contributed by atoms with E-state index in [4.69, 9.17) is 5.73 Å². The van der Waals surface area contributed by atoms with Gasteiger partial charge in [0, 0.05) is 43.5 Å². The lowest BCUT2D eigenvalue weighted by Crippen LogP contribution is -2.52. The lowest BCUT2D eigenvalue weighted by atomic mass is 9.79. The van der Waals surface area contributed by atoms with Gasteiger partial charge in [-0.25, -0.2) is 0 Å². The monoisotopic (exact) mass is 321 g/mol. The Hall–Kier alpha value is -0.910. The Morgan fingerprint density at radius 3 is 3.05 bits per heavy atom. The molecule has 0 aliphatic carbocycles. The van der Waals surface area contributed by atoms with Gasteiger partial charge in [-0.3, -0.25) is 4.79 Å². The third kappa shape index (κ3) is 3.36. The highest BCUT2D eigenvalue weighted by molar-refractivity contribution is 7.10. The molecular formula is C17H27N3OS. The number of rotatable bonds is 3. The van der Waals surface area contributed by atoms with Crippen molar-refractivity contribution in [3.63, 3.8) is 0 Å². The molecule has 1 saturated heterocycles. The lowest BCUT2D eigenvalue weighted by molar-refractivity contribution is -0.132. The van der Waals surface area contributed by atoms with Crippen LogP contribution in [-0.2, 0) is 17.8 Å². The van der Waals surface area contributed by atoms with Crippen molar-refractivity contribution < 1.29 is 4.79 Å². The van der Waals surface area contributed by atoms with Crippen LogP contribution in [0.15, 0.2) is 11.4 Å². The smallest absolute Gasteiger partial charge is 0.224 e. The van der Waals surface area contributed by atoms with E-state index in [2.05, 4.69) is 30.2 Å². The van der Waals surface area contributed by atoms with E-state index in [0.29, 0.717) is 12.3 Å². The van der Waals surface area contributed by atoms with Crippen LogP contribution in [0.3, 0.4) is 0 Å². The van der Waals surface area contributed by atoms with Crippen molar-refractivity contribution in [2.75, 3.05) is 26.2 Å². The summed E-state index contributed by atoms with van der Waals surface area (Å²) in [6.45, 7) is 9.02. The summed E-state index contributed by atoms with van der Waals surface area (Å²) in [6, 6.07) is 2.44. The normalized spacial score (nSPS) is 25.0. The molecule has 2 aliphatic rings. The molecule has 122 valence electrons. The summed E-state index contributed by atoms with van der Waals surface area (Å²) in [5.41, 5.74) is 7.67. The summed E-state index contributed by atoms with van der Waals surface area (Å²) in [4.78, 5) is 18.4. The second kappa shape index (κ2) is 6.30. The molecule has 0 spiro atoms. The van der Waals surface area contributed by atoms with Gasteiger partial charge < -0.3 is 15.5 Å². The summed E-state index contributed by atoms with van der Waals surface area (Å²) in [6.07, 6.45) is 2.68. The van der Waals surface area contributed by atoms with E-state index in [1.54, 1.807) is 0 Å². The molecule has 5 heteroatoms. The summed E-state index contributed by atoms with van der Waals surface area (Å²) in [7, 11) is 0. The minimum absolute atomic E-state index is 0.151. The molecule has 0 radical (unpaired) electrons. The molecule has 2 N–H and O–H groups in total. The van der Waals surface area contributed by atoms with E-state index in [-0.39, 0.29) is 11.5 Å². The minimum Gasteiger partial charge on any atom is -0.338 e. The van der Waals surface area contributed by atoms with Gasteiger partial charge in [0.25, 0.3) is 0 Å². The molecule has 0 saturated carbocycles. The Labute approximate surface area is 137 Å². The predicted octanol–water partition coefficient (Wildman–Crippen LogP) is 2.08. The highest BCUT2D eigenvalue weighted by Crippen LogP contribution is 2.28. The van der Waals surface area contributed by atoms with Gasteiger partial charge in [-0.1, -0.05) is 13.8 Å².